The minimum atomic E-state index is -1.89. The molecule has 2 heterocycles. The van der Waals surface area contributed by atoms with Crippen molar-refractivity contribution in [2.24, 2.45) is 0 Å². The molecule has 0 aliphatic heterocycles. The van der Waals surface area contributed by atoms with Crippen LogP contribution >= 0.6 is 11.3 Å². The molecule has 0 saturated carbocycles. The molecule has 0 fully saturated rings. The molecule has 0 aliphatic rings. The average molecular weight is 428 g/mol. The van der Waals surface area contributed by atoms with Crippen LogP contribution in [0.2, 0.25) is 16.6 Å². The van der Waals surface area contributed by atoms with E-state index in [1.54, 1.807) is 0 Å². The van der Waals surface area contributed by atoms with Crippen molar-refractivity contribution in [3.8, 4) is 11.1 Å². The van der Waals surface area contributed by atoms with E-state index in [0.29, 0.717) is 28.4 Å². The zero-order valence-electron chi connectivity index (χ0n) is 18.6. The van der Waals surface area contributed by atoms with Crippen LogP contribution in [0.5, 0.6) is 0 Å². The molecule has 0 spiro atoms. The van der Waals surface area contributed by atoms with Crippen LogP contribution in [0.25, 0.3) is 21.3 Å². The molecule has 0 atom stereocenters. The van der Waals surface area contributed by atoms with Gasteiger partial charge in [-0.05, 0) is 52.9 Å². The lowest BCUT2D eigenvalue weighted by atomic mass is 10.0. The number of rotatable bonds is 7. The fourth-order valence-electron chi connectivity index (χ4n) is 4.81. The molecule has 156 valence electrons. The van der Waals surface area contributed by atoms with Crippen molar-refractivity contribution in [3.63, 3.8) is 0 Å². The van der Waals surface area contributed by atoms with Gasteiger partial charge in [-0.1, -0.05) is 58.9 Å². The summed E-state index contributed by atoms with van der Waals surface area (Å²) in [6.45, 7) is 16.6. The first-order valence-corrected chi connectivity index (χ1v) is 13.4. The second kappa shape index (κ2) is 8.54. The first-order valence-electron chi connectivity index (χ1n) is 10.4. The molecule has 3 rings (SSSR count). The van der Waals surface area contributed by atoms with Gasteiger partial charge in [-0.15, -0.1) is 0 Å². The van der Waals surface area contributed by atoms with Gasteiger partial charge in [-0.25, -0.2) is 4.98 Å². The summed E-state index contributed by atoms with van der Waals surface area (Å²) in [7, 11) is -1.89. The Balaban J connectivity index is 1.85. The van der Waals surface area contributed by atoms with Crippen LogP contribution in [0.15, 0.2) is 30.5 Å². The highest BCUT2D eigenvalue weighted by molar-refractivity contribution is 7.22. The summed E-state index contributed by atoms with van der Waals surface area (Å²) in [5.41, 5.74) is 12.9. The Kier molecular flexibility index (Phi) is 6.46. The molecule has 1 aromatic carbocycles. The highest BCUT2D eigenvalue weighted by atomic mass is 32.1. The van der Waals surface area contributed by atoms with Crippen molar-refractivity contribution in [3.05, 3.63) is 41.7 Å². The van der Waals surface area contributed by atoms with E-state index in [9.17, 15) is 0 Å². The van der Waals surface area contributed by atoms with E-state index in [4.69, 9.17) is 15.1 Å². The summed E-state index contributed by atoms with van der Waals surface area (Å²) in [5, 5.41) is 0.604. The van der Waals surface area contributed by atoms with E-state index in [1.165, 1.54) is 16.9 Å². The van der Waals surface area contributed by atoms with Crippen molar-refractivity contribution in [2.45, 2.75) is 71.7 Å². The van der Waals surface area contributed by atoms with Crippen molar-refractivity contribution in [2.75, 3.05) is 5.73 Å². The van der Waals surface area contributed by atoms with Crippen molar-refractivity contribution in [1.82, 2.24) is 9.97 Å². The standard InChI is InChI=1S/C23H33N3OSSi/c1-14(2)29(15(3)4,16(5)6)27-13-19-10-17(7)20(12-25-19)18-8-9-22-21(11-18)26-23(24)28-22/h8-12,14-16H,13H2,1-7H3,(H2,24,26). The second-order valence-corrected chi connectivity index (χ2v) is 15.4. The molecule has 0 aliphatic carbocycles. The third kappa shape index (κ3) is 4.25. The lowest BCUT2D eigenvalue weighted by molar-refractivity contribution is 0.262. The Bertz CT molecular complexity index is 975. The van der Waals surface area contributed by atoms with Crippen molar-refractivity contribution < 1.29 is 4.43 Å². The van der Waals surface area contributed by atoms with E-state index < -0.39 is 8.32 Å². The number of anilines is 1. The Hall–Kier alpha value is -1.76. The highest BCUT2D eigenvalue weighted by Crippen LogP contribution is 2.42. The average Bonchev–Trinajstić information content (AvgIpc) is 3.00. The van der Waals surface area contributed by atoms with E-state index in [2.05, 4.69) is 77.7 Å². The topological polar surface area (TPSA) is 61.0 Å². The Morgan fingerprint density at radius 2 is 1.69 bits per heavy atom. The van der Waals surface area contributed by atoms with E-state index in [0.717, 1.165) is 27.0 Å². The first-order chi connectivity index (χ1) is 13.6. The fourth-order valence-corrected chi connectivity index (χ4v) is 10.9. The van der Waals surface area contributed by atoms with Crippen LogP contribution in [-0.4, -0.2) is 18.3 Å². The van der Waals surface area contributed by atoms with Gasteiger partial charge in [0.05, 0.1) is 22.5 Å². The molecule has 0 radical (unpaired) electrons. The number of nitrogen functional groups attached to an aromatic ring is 1. The molecule has 4 nitrogen and oxygen atoms in total. The largest absolute Gasteiger partial charge is 0.410 e. The smallest absolute Gasteiger partial charge is 0.200 e. The molecular formula is C23H33N3OSSi. The number of fused-ring (bicyclic) bond motifs is 1. The van der Waals surface area contributed by atoms with Gasteiger partial charge in [0, 0.05) is 11.8 Å². The summed E-state index contributed by atoms with van der Waals surface area (Å²) in [6.07, 6.45) is 1.97. The molecule has 2 aromatic heterocycles. The molecule has 3 aromatic rings. The van der Waals surface area contributed by atoms with Gasteiger partial charge in [0.2, 0.25) is 8.32 Å². The zero-order valence-corrected chi connectivity index (χ0v) is 20.4. The monoisotopic (exact) mass is 427 g/mol. The maximum Gasteiger partial charge on any atom is 0.200 e. The van der Waals surface area contributed by atoms with Gasteiger partial charge >= 0.3 is 0 Å². The predicted octanol–water partition coefficient (Wildman–Crippen LogP) is 6.94. The first kappa shape index (κ1) is 21.9. The molecule has 0 unspecified atom stereocenters. The van der Waals surface area contributed by atoms with Crippen LogP contribution in [-0.2, 0) is 11.0 Å². The number of aryl methyl sites for hydroxylation is 1. The number of pyridine rings is 1. The predicted molar refractivity (Wildman–Crippen MR) is 128 cm³/mol. The van der Waals surface area contributed by atoms with E-state index >= 15 is 0 Å². The quantitative estimate of drug-likeness (QED) is 0.415. The molecular weight excluding hydrogens is 394 g/mol. The minimum Gasteiger partial charge on any atom is -0.410 e. The maximum absolute atomic E-state index is 6.71. The van der Waals surface area contributed by atoms with Gasteiger partial charge in [0.25, 0.3) is 0 Å². The third-order valence-electron chi connectivity index (χ3n) is 6.06. The van der Waals surface area contributed by atoms with Gasteiger partial charge in [0.1, 0.15) is 0 Å². The summed E-state index contributed by atoms with van der Waals surface area (Å²) in [6, 6.07) is 8.46. The molecule has 2 N–H and O–H groups in total. The molecule has 29 heavy (non-hydrogen) atoms. The van der Waals surface area contributed by atoms with Gasteiger partial charge in [0.15, 0.2) is 5.13 Å². The summed E-state index contributed by atoms with van der Waals surface area (Å²) in [4.78, 5) is 9.15. The lowest BCUT2D eigenvalue weighted by Crippen LogP contribution is -2.47. The normalized spacial score (nSPS) is 12.6. The molecule has 0 amide bonds. The number of nitrogens with zero attached hydrogens (tertiary/aromatic N) is 2. The molecule has 0 bridgehead atoms. The van der Waals surface area contributed by atoms with Crippen LogP contribution < -0.4 is 5.73 Å². The number of hydrogen-bond donors (Lipinski definition) is 1. The summed E-state index contributed by atoms with van der Waals surface area (Å²) < 4.78 is 7.83. The van der Waals surface area contributed by atoms with E-state index in [1.807, 2.05) is 6.20 Å². The number of hydrogen-bond acceptors (Lipinski definition) is 5. The molecule has 6 heteroatoms. The Morgan fingerprint density at radius 3 is 2.28 bits per heavy atom. The van der Waals surface area contributed by atoms with Gasteiger partial charge < -0.3 is 10.2 Å². The van der Waals surface area contributed by atoms with Gasteiger partial charge in [-0.2, -0.15) is 0 Å². The minimum absolute atomic E-state index is 0.570. The summed E-state index contributed by atoms with van der Waals surface area (Å²) in [5.74, 6) is 0. The fraction of sp³-hybridized carbons (Fsp3) is 0.478. The van der Waals surface area contributed by atoms with Gasteiger partial charge in [-0.3, -0.25) is 4.98 Å². The Morgan fingerprint density at radius 1 is 1.03 bits per heavy atom. The maximum atomic E-state index is 6.71. The van der Waals surface area contributed by atoms with Crippen LogP contribution in [0.4, 0.5) is 5.13 Å². The second-order valence-electron chi connectivity index (χ2n) is 8.83. The summed E-state index contributed by atoms with van der Waals surface area (Å²) >= 11 is 1.52. The number of nitrogens with two attached hydrogens (primary N) is 1. The SMILES string of the molecule is Cc1cc(CO[Si](C(C)C)(C(C)C)C(C)C)ncc1-c1ccc2sc(N)nc2c1. The third-order valence-corrected chi connectivity index (χ3v) is 13.0. The lowest BCUT2D eigenvalue weighted by Gasteiger charge is -2.42. The number of aromatic nitrogens is 2. The van der Waals surface area contributed by atoms with E-state index in [-0.39, 0.29) is 0 Å². The van der Waals surface area contributed by atoms with Crippen molar-refractivity contribution in [1.29, 1.82) is 0 Å². The van der Waals surface area contributed by atoms with Crippen molar-refractivity contribution >= 4 is 35.0 Å². The zero-order chi connectivity index (χ0) is 21.3. The number of benzene rings is 1. The number of thiazole rings is 1. The Labute approximate surface area is 179 Å². The van der Waals surface area contributed by atoms with Crippen LogP contribution in [0.1, 0.15) is 52.8 Å². The van der Waals surface area contributed by atoms with Crippen LogP contribution in [0, 0.1) is 6.92 Å². The van der Waals surface area contributed by atoms with Crippen LogP contribution in [0.3, 0.4) is 0 Å². The highest BCUT2D eigenvalue weighted by Gasteiger charge is 2.45. The molecule has 0 saturated heterocycles.